The van der Waals surface area contributed by atoms with E-state index < -0.39 is 18.0 Å². The fourth-order valence-corrected chi connectivity index (χ4v) is 4.91. The zero-order valence-electron chi connectivity index (χ0n) is 21.9. The van der Waals surface area contributed by atoms with Gasteiger partial charge in [0.1, 0.15) is 11.9 Å². The lowest BCUT2D eigenvalue weighted by molar-refractivity contribution is -0.119. The molecule has 4 rings (SSSR count). The van der Waals surface area contributed by atoms with Crippen molar-refractivity contribution in [1.29, 1.82) is 0 Å². The Morgan fingerprint density at radius 3 is 2.53 bits per heavy atom. The van der Waals surface area contributed by atoms with Crippen molar-refractivity contribution in [1.82, 2.24) is 10.2 Å². The highest BCUT2D eigenvalue weighted by atomic mass is 32.2. The number of thioether (sulfide) groups is 1. The Balaban J connectivity index is 1.37. The fraction of sp³-hybridized carbons (Fsp3) is 0.333. The van der Waals surface area contributed by atoms with Gasteiger partial charge in [0, 0.05) is 37.9 Å². The predicted octanol–water partition coefficient (Wildman–Crippen LogP) is 5.36. The maximum absolute atomic E-state index is 15.1. The molecule has 1 aliphatic rings. The van der Waals surface area contributed by atoms with Crippen molar-refractivity contribution in [3.05, 3.63) is 89.7 Å². The van der Waals surface area contributed by atoms with Gasteiger partial charge in [0.2, 0.25) is 5.91 Å². The summed E-state index contributed by atoms with van der Waals surface area (Å²) in [5, 5.41) is 2.64. The van der Waals surface area contributed by atoms with Crippen LogP contribution in [0.2, 0.25) is 0 Å². The molecule has 0 bridgehead atoms. The quantitative estimate of drug-likeness (QED) is 0.338. The number of rotatable bonds is 12. The minimum absolute atomic E-state index is 0.194. The molecular formula is C30H34FN3O3S. The lowest BCUT2D eigenvalue weighted by Crippen LogP contribution is -2.33. The number of cyclic esters (lactones) is 1. The van der Waals surface area contributed by atoms with Crippen molar-refractivity contribution in [2.45, 2.75) is 26.0 Å². The van der Waals surface area contributed by atoms with Crippen LogP contribution in [0, 0.1) is 5.82 Å². The molecule has 38 heavy (non-hydrogen) atoms. The van der Waals surface area contributed by atoms with Crippen LogP contribution in [-0.4, -0.2) is 61.2 Å². The molecule has 200 valence electrons. The largest absolute Gasteiger partial charge is 0.442 e. The molecule has 1 aliphatic heterocycles. The summed E-state index contributed by atoms with van der Waals surface area (Å²) in [5.41, 5.74) is 4.22. The van der Waals surface area contributed by atoms with Gasteiger partial charge < -0.3 is 10.1 Å². The first-order valence-electron chi connectivity index (χ1n) is 12.8. The number of carbonyl (C=O) groups is 2. The second kappa shape index (κ2) is 13.4. The Morgan fingerprint density at radius 1 is 1.08 bits per heavy atom. The lowest BCUT2D eigenvalue weighted by Gasteiger charge is -2.22. The monoisotopic (exact) mass is 535 g/mol. The standard InChI is InChI=1S/C30H34FN3O3S/c1-22(35)32-19-27-21-34(30(36)37-27)26-12-13-28(29(31)18-26)25-10-8-23(9-11-25)14-15-33(16-17-38-2)20-24-6-4-3-5-7-24/h3-13,18,27H,14-17,19-21H2,1-2H3,(H,32,35). The van der Waals surface area contributed by atoms with Crippen LogP contribution in [0.4, 0.5) is 14.9 Å². The number of nitrogens with zero attached hydrogens (tertiary/aromatic N) is 2. The van der Waals surface area contributed by atoms with Crippen LogP contribution < -0.4 is 10.2 Å². The van der Waals surface area contributed by atoms with Gasteiger partial charge in [0.05, 0.1) is 18.8 Å². The van der Waals surface area contributed by atoms with Crippen LogP contribution in [-0.2, 0) is 22.5 Å². The van der Waals surface area contributed by atoms with Gasteiger partial charge in [0.15, 0.2) is 0 Å². The van der Waals surface area contributed by atoms with Gasteiger partial charge in [-0.2, -0.15) is 11.8 Å². The molecule has 1 saturated heterocycles. The third kappa shape index (κ3) is 7.58. The summed E-state index contributed by atoms with van der Waals surface area (Å²) in [5.74, 6) is 0.493. The molecule has 1 fully saturated rings. The summed E-state index contributed by atoms with van der Waals surface area (Å²) in [7, 11) is 0. The van der Waals surface area contributed by atoms with Gasteiger partial charge in [0.25, 0.3) is 0 Å². The molecule has 0 radical (unpaired) electrons. The second-order valence-corrected chi connectivity index (χ2v) is 10.4. The van der Waals surface area contributed by atoms with Gasteiger partial charge >= 0.3 is 6.09 Å². The summed E-state index contributed by atoms with van der Waals surface area (Å²) in [6.45, 7) is 4.80. The molecule has 1 atom stereocenters. The number of amides is 2. The van der Waals surface area contributed by atoms with E-state index in [-0.39, 0.29) is 19.0 Å². The second-order valence-electron chi connectivity index (χ2n) is 9.42. The van der Waals surface area contributed by atoms with E-state index >= 15 is 4.39 Å². The summed E-state index contributed by atoms with van der Waals surface area (Å²) < 4.78 is 20.4. The highest BCUT2D eigenvalue weighted by Gasteiger charge is 2.32. The third-order valence-corrected chi connectivity index (χ3v) is 7.15. The van der Waals surface area contributed by atoms with E-state index in [2.05, 4.69) is 52.9 Å². The molecule has 1 unspecified atom stereocenters. The summed E-state index contributed by atoms with van der Waals surface area (Å²) >= 11 is 1.85. The zero-order valence-corrected chi connectivity index (χ0v) is 22.7. The summed E-state index contributed by atoms with van der Waals surface area (Å²) in [6, 6.07) is 23.3. The van der Waals surface area contributed by atoms with Crippen molar-refractivity contribution in [2.24, 2.45) is 0 Å². The van der Waals surface area contributed by atoms with E-state index in [1.54, 1.807) is 12.1 Å². The molecule has 0 spiro atoms. The lowest BCUT2D eigenvalue weighted by atomic mass is 10.0. The molecule has 0 saturated carbocycles. The predicted molar refractivity (Wildman–Crippen MR) is 152 cm³/mol. The van der Waals surface area contributed by atoms with Gasteiger partial charge in [-0.15, -0.1) is 0 Å². The van der Waals surface area contributed by atoms with Crippen LogP contribution in [0.15, 0.2) is 72.8 Å². The molecule has 1 N–H and O–H groups in total. The van der Waals surface area contributed by atoms with Gasteiger partial charge in [-0.25, -0.2) is 9.18 Å². The van der Waals surface area contributed by atoms with Gasteiger partial charge in [-0.05, 0) is 47.6 Å². The SMILES string of the molecule is CSCCN(CCc1ccc(-c2ccc(N3CC(CNC(C)=O)OC3=O)cc2F)cc1)Cc1ccccc1. The van der Waals surface area contributed by atoms with Crippen molar-refractivity contribution in [3.8, 4) is 11.1 Å². The van der Waals surface area contributed by atoms with Crippen LogP contribution in [0.25, 0.3) is 11.1 Å². The van der Waals surface area contributed by atoms with Gasteiger partial charge in [-0.3, -0.25) is 14.6 Å². The maximum Gasteiger partial charge on any atom is 0.414 e. The topological polar surface area (TPSA) is 61.9 Å². The van der Waals surface area contributed by atoms with E-state index in [9.17, 15) is 9.59 Å². The molecule has 0 aromatic heterocycles. The summed E-state index contributed by atoms with van der Waals surface area (Å²) in [6.07, 6.45) is 2.04. The Kier molecular flexibility index (Phi) is 9.79. The van der Waals surface area contributed by atoms with Crippen molar-refractivity contribution in [2.75, 3.05) is 43.1 Å². The Labute approximate surface area is 228 Å². The van der Waals surface area contributed by atoms with Crippen molar-refractivity contribution < 1.29 is 18.7 Å². The molecular weight excluding hydrogens is 501 g/mol. The van der Waals surface area contributed by atoms with E-state index in [0.717, 1.165) is 37.4 Å². The van der Waals surface area contributed by atoms with Crippen molar-refractivity contribution >= 4 is 29.4 Å². The molecule has 6 nitrogen and oxygen atoms in total. The average molecular weight is 536 g/mol. The first-order chi connectivity index (χ1) is 18.4. The Morgan fingerprint density at radius 2 is 1.84 bits per heavy atom. The first kappa shape index (κ1) is 27.7. The number of nitrogens with one attached hydrogen (secondary N) is 1. The Bertz CT molecular complexity index is 1220. The minimum atomic E-state index is -0.546. The third-order valence-electron chi connectivity index (χ3n) is 6.56. The van der Waals surface area contributed by atoms with Crippen LogP contribution in [0.1, 0.15) is 18.1 Å². The highest BCUT2D eigenvalue weighted by Crippen LogP contribution is 2.29. The van der Waals surface area contributed by atoms with Crippen LogP contribution >= 0.6 is 11.8 Å². The maximum atomic E-state index is 15.1. The number of halogens is 1. The Hall–Kier alpha value is -3.36. The molecule has 0 aliphatic carbocycles. The zero-order chi connectivity index (χ0) is 26.9. The van der Waals surface area contributed by atoms with E-state index in [1.807, 2.05) is 30.0 Å². The first-order valence-corrected chi connectivity index (χ1v) is 14.2. The number of hydrogen-bond acceptors (Lipinski definition) is 5. The van der Waals surface area contributed by atoms with Crippen molar-refractivity contribution in [3.63, 3.8) is 0 Å². The molecule has 3 aromatic rings. The average Bonchev–Trinajstić information content (AvgIpc) is 3.30. The fourth-order valence-electron chi connectivity index (χ4n) is 4.47. The van der Waals surface area contributed by atoms with E-state index in [0.29, 0.717) is 11.3 Å². The summed E-state index contributed by atoms with van der Waals surface area (Å²) in [4.78, 5) is 27.3. The highest BCUT2D eigenvalue weighted by molar-refractivity contribution is 7.98. The number of carbonyl (C=O) groups excluding carboxylic acids is 2. The molecule has 1 heterocycles. The van der Waals surface area contributed by atoms with E-state index in [4.69, 9.17) is 4.74 Å². The number of hydrogen-bond donors (Lipinski definition) is 1. The van der Waals surface area contributed by atoms with Crippen LogP contribution in [0.5, 0.6) is 0 Å². The van der Waals surface area contributed by atoms with Gasteiger partial charge in [-0.1, -0.05) is 54.6 Å². The number of ether oxygens (including phenoxy) is 1. The minimum Gasteiger partial charge on any atom is -0.442 e. The molecule has 3 aromatic carbocycles. The molecule has 8 heteroatoms. The normalized spacial score (nSPS) is 15.1. The van der Waals surface area contributed by atoms with E-state index in [1.165, 1.54) is 29.0 Å². The number of anilines is 1. The molecule has 2 amide bonds. The smallest absolute Gasteiger partial charge is 0.414 e. The number of benzene rings is 3. The van der Waals surface area contributed by atoms with Crippen LogP contribution in [0.3, 0.4) is 0 Å².